The first-order valence-electron chi connectivity index (χ1n) is 10.4. The predicted octanol–water partition coefficient (Wildman–Crippen LogP) is 2.54. The molecule has 0 atom stereocenters. The van der Waals surface area contributed by atoms with Crippen molar-refractivity contribution in [2.45, 2.75) is 50.5 Å². The van der Waals surface area contributed by atoms with Gasteiger partial charge in [-0.15, -0.1) is 24.0 Å². The number of aliphatic imine (C=N–C) groups is 1. The van der Waals surface area contributed by atoms with E-state index in [1.54, 1.807) is 0 Å². The molecule has 0 unspecified atom stereocenters. The lowest BCUT2D eigenvalue weighted by Crippen LogP contribution is -2.60. The van der Waals surface area contributed by atoms with Crippen LogP contribution < -0.4 is 10.6 Å². The van der Waals surface area contributed by atoms with E-state index in [1.165, 1.54) is 37.7 Å². The Morgan fingerprint density at radius 3 is 2.56 bits per heavy atom. The Morgan fingerprint density at radius 2 is 1.89 bits per heavy atom. The van der Waals surface area contributed by atoms with Crippen LogP contribution in [0.5, 0.6) is 0 Å². The van der Waals surface area contributed by atoms with Gasteiger partial charge in [-0.25, -0.2) is 0 Å². The maximum atomic E-state index is 5.58. The Bertz CT molecular complexity index is 486. The van der Waals surface area contributed by atoms with Crippen LogP contribution in [0.25, 0.3) is 0 Å². The second kappa shape index (κ2) is 12.2. The molecule has 1 saturated heterocycles. The van der Waals surface area contributed by atoms with Crippen LogP contribution in [0.15, 0.2) is 16.6 Å². The van der Waals surface area contributed by atoms with Crippen molar-refractivity contribution in [3.05, 3.63) is 11.6 Å². The summed E-state index contributed by atoms with van der Waals surface area (Å²) in [5.41, 5.74) is 1.76. The van der Waals surface area contributed by atoms with Crippen LogP contribution in [0.1, 0.15) is 44.9 Å². The summed E-state index contributed by atoms with van der Waals surface area (Å²) in [4.78, 5) is 7.11. The maximum absolute atomic E-state index is 5.58. The van der Waals surface area contributed by atoms with Gasteiger partial charge in [-0.2, -0.15) is 0 Å². The lowest BCUT2D eigenvalue weighted by molar-refractivity contribution is -0.0352. The van der Waals surface area contributed by atoms with Crippen molar-refractivity contribution in [2.75, 3.05) is 59.7 Å². The molecule has 2 heterocycles. The predicted molar refractivity (Wildman–Crippen MR) is 121 cm³/mol. The number of halogens is 1. The molecular weight excluding hydrogens is 455 g/mol. The van der Waals surface area contributed by atoms with Crippen molar-refractivity contribution >= 4 is 29.9 Å². The largest absolute Gasteiger partial charge is 0.379 e. The fourth-order valence-corrected chi connectivity index (χ4v) is 4.46. The molecule has 0 aromatic carbocycles. The van der Waals surface area contributed by atoms with Gasteiger partial charge in [0.1, 0.15) is 0 Å². The third-order valence-corrected chi connectivity index (χ3v) is 6.07. The number of morpholine rings is 1. The monoisotopic (exact) mass is 492 g/mol. The van der Waals surface area contributed by atoms with E-state index in [9.17, 15) is 0 Å². The SMILES string of the molecule is CN=C(NCCC1=CCOCC1)NCC1(N2CCOCC2)CCCCC1.I. The van der Waals surface area contributed by atoms with Gasteiger partial charge in [0, 0.05) is 38.8 Å². The molecule has 2 aliphatic heterocycles. The van der Waals surface area contributed by atoms with Crippen LogP contribution in [0.3, 0.4) is 0 Å². The molecule has 2 fully saturated rings. The fourth-order valence-electron chi connectivity index (χ4n) is 4.46. The average Bonchev–Trinajstić information content (AvgIpc) is 2.72. The number of hydrogen-bond donors (Lipinski definition) is 2. The Hall–Kier alpha value is -0.380. The van der Waals surface area contributed by atoms with Crippen LogP contribution in [0, 0.1) is 0 Å². The van der Waals surface area contributed by atoms with Gasteiger partial charge in [0.15, 0.2) is 5.96 Å². The third kappa shape index (κ3) is 6.87. The van der Waals surface area contributed by atoms with Crippen LogP contribution in [0.2, 0.25) is 0 Å². The van der Waals surface area contributed by atoms with Gasteiger partial charge in [-0.1, -0.05) is 30.9 Å². The smallest absolute Gasteiger partial charge is 0.191 e. The second-order valence-electron chi connectivity index (χ2n) is 7.67. The first kappa shape index (κ1) is 22.9. The minimum Gasteiger partial charge on any atom is -0.379 e. The number of guanidine groups is 1. The summed E-state index contributed by atoms with van der Waals surface area (Å²) in [6, 6.07) is 0. The zero-order valence-electron chi connectivity index (χ0n) is 16.8. The second-order valence-corrected chi connectivity index (χ2v) is 7.67. The van der Waals surface area contributed by atoms with E-state index < -0.39 is 0 Å². The van der Waals surface area contributed by atoms with E-state index in [2.05, 4.69) is 26.6 Å². The molecule has 3 rings (SSSR count). The highest BCUT2D eigenvalue weighted by atomic mass is 127. The molecule has 0 amide bonds. The van der Waals surface area contributed by atoms with Crippen LogP contribution in [0.4, 0.5) is 0 Å². The normalized spacial score (nSPS) is 23.9. The molecule has 3 aliphatic rings. The van der Waals surface area contributed by atoms with Crippen molar-refractivity contribution in [2.24, 2.45) is 4.99 Å². The Labute approximate surface area is 181 Å². The van der Waals surface area contributed by atoms with Crippen molar-refractivity contribution in [3.63, 3.8) is 0 Å². The molecule has 0 spiro atoms. The topological polar surface area (TPSA) is 58.1 Å². The van der Waals surface area contributed by atoms with Gasteiger partial charge in [0.25, 0.3) is 0 Å². The first-order valence-corrected chi connectivity index (χ1v) is 10.4. The van der Waals surface area contributed by atoms with E-state index in [0.29, 0.717) is 0 Å². The van der Waals surface area contributed by atoms with E-state index in [0.717, 1.165) is 71.4 Å². The van der Waals surface area contributed by atoms with Gasteiger partial charge in [0.2, 0.25) is 0 Å². The van der Waals surface area contributed by atoms with Crippen molar-refractivity contribution < 1.29 is 9.47 Å². The molecule has 0 aromatic heterocycles. The standard InChI is InChI=1S/C20H36N4O2.HI/c1-21-19(22-10-5-18-6-13-25-14-7-18)23-17-20(8-3-2-4-9-20)24-11-15-26-16-12-24;/h6H,2-5,7-17H2,1H3,(H2,21,22,23);1H. The number of nitrogens with one attached hydrogen (secondary N) is 2. The number of ether oxygens (including phenoxy) is 2. The minimum atomic E-state index is 0. The summed E-state index contributed by atoms with van der Waals surface area (Å²) in [6.45, 7) is 7.39. The van der Waals surface area contributed by atoms with Crippen molar-refractivity contribution in [1.82, 2.24) is 15.5 Å². The van der Waals surface area contributed by atoms with Crippen molar-refractivity contribution in [3.8, 4) is 0 Å². The Balaban J connectivity index is 0.00000261. The zero-order valence-corrected chi connectivity index (χ0v) is 19.1. The molecule has 27 heavy (non-hydrogen) atoms. The fraction of sp³-hybridized carbons (Fsp3) is 0.850. The number of hydrogen-bond acceptors (Lipinski definition) is 4. The number of rotatable bonds is 6. The van der Waals surface area contributed by atoms with Crippen LogP contribution in [-0.4, -0.2) is 76.1 Å². The highest BCUT2D eigenvalue weighted by molar-refractivity contribution is 14.0. The molecule has 0 bridgehead atoms. The average molecular weight is 492 g/mol. The lowest BCUT2D eigenvalue weighted by atomic mass is 9.80. The lowest BCUT2D eigenvalue weighted by Gasteiger charge is -2.48. The summed E-state index contributed by atoms with van der Waals surface area (Å²) in [5, 5.41) is 7.12. The highest BCUT2D eigenvalue weighted by Crippen LogP contribution is 2.33. The maximum Gasteiger partial charge on any atom is 0.191 e. The zero-order chi connectivity index (χ0) is 18.1. The van der Waals surface area contributed by atoms with Gasteiger partial charge < -0.3 is 20.1 Å². The molecular formula is C20H37IN4O2. The van der Waals surface area contributed by atoms with E-state index in [-0.39, 0.29) is 29.5 Å². The Morgan fingerprint density at radius 1 is 1.11 bits per heavy atom. The van der Waals surface area contributed by atoms with Crippen molar-refractivity contribution in [1.29, 1.82) is 0 Å². The third-order valence-electron chi connectivity index (χ3n) is 6.07. The summed E-state index contributed by atoms with van der Waals surface area (Å²) >= 11 is 0. The summed E-state index contributed by atoms with van der Waals surface area (Å²) < 4.78 is 11.0. The quantitative estimate of drug-likeness (QED) is 0.258. The molecule has 2 N–H and O–H groups in total. The van der Waals surface area contributed by atoms with Crippen LogP contribution in [-0.2, 0) is 9.47 Å². The molecule has 7 heteroatoms. The molecule has 1 saturated carbocycles. The molecule has 0 aromatic rings. The molecule has 1 aliphatic carbocycles. The van der Waals surface area contributed by atoms with E-state index in [4.69, 9.17) is 9.47 Å². The summed E-state index contributed by atoms with van der Waals surface area (Å²) in [6.07, 6.45) is 11.0. The first-order chi connectivity index (χ1) is 12.8. The van der Waals surface area contributed by atoms with Crippen LogP contribution >= 0.6 is 24.0 Å². The van der Waals surface area contributed by atoms with Gasteiger partial charge in [0.05, 0.1) is 26.4 Å². The van der Waals surface area contributed by atoms with E-state index >= 15 is 0 Å². The Kier molecular flexibility index (Phi) is 10.4. The minimum absolute atomic E-state index is 0. The summed E-state index contributed by atoms with van der Waals surface area (Å²) in [7, 11) is 1.87. The molecule has 0 radical (unpaired) electrons. The number of nitrogens with zero attached hydrogens (tertiary/aromatic N) is 2. The summed E-state index contributed by atoms with van der Waals surface area (Å²) in [5.74, 6) is 0.927. The highest BCUT2D eigenvalue weighted by Gasteiger charge is 2.38. The molecule has 156 valence electrons. The van der Waals surface area contributed by atoms with Gasteiger partial charge in [-0.05, 0) is 25.7 Å². The van der Waals surface area contributed by atoms with Gasteiger partial charge >= 0.3 is 0 Å². The van der Waals surface area contributed by atoms with E-state index in [1.807, 2.05) is 7.05 Å². The van der Waals surface area contributed by atoms with Gasteiger partial charge in [-0.3, -0.25) is 9.89 Å². The molecule has 6 nitrogen and oxygen atoms in total.